The Morgan fingerprint density at radius 3 is 2.44 bits per heavy atom. The largest absolute Gasteiger partial charge is 0.385 e. The lowest BCUT2D eigenvalue weighted by Gasteiger charge is -2.07. The van der Waals surface area contributed by atoms with Gasteiger partial charge in [-0.2, -0.15) is 0 Å². The molecule has 0 heterocycles. The topological polar surface area (TPSA) is 89.4 Å². The minimum Gasteiger partial charge on any atom is -0.385 e. The minimum atomic E-state index is -1.03. The molecule has 5 heteroatoms. The Morgan fingerprint density at radius 2 is 2.33 bits per heavy atom. The van der Waals surface area contributed by atoms with E-state index in [1.165, 1.54) is 6.92 Å². The summed E-state index contributed by atoms with van der Waals surface area (Å²) in [5, 5.41) is 18.4. The molecule has 1 unspecified atom stereocenters. The summed E-state index contributed by atoms with van der Waals surface area (Å²) in [5.41, 5.74) is 5.13. The zero-order chi connectivity index (χ0) is 7.44. The SMILES string of the molecule is CC(N)[C@@H](O)C[N+](=O)[O-]. The molecule has 0 fully saturated rings. The molecule has 54 valence electrons. The van der Waals surface area contributed by atoms with Gasteiger partial charge < -0.3 is 10.8 Å². The highest BCUT2D eigenvalue weighted by Crippen LogP contribution is 1.87. The molecule has 0 aliphatic rings. The first-order valence-corrected chi connectivity index (χ1v) is 2.59. The molecule has 0 radical (unpaired) electrons. The highest BCUT2D eigenvalue weighted by atomic mass is 16.6. The van der Waals surface area contributed by atoms with Gasteiger partial charge in [-0.15, -0.1) is 0 Å². The van der Waals surface area contributed by atoms with Crippen LogP contribution in [-0.2, 0) is 0 Å². The molecule has 9 heavy (non-hydrogen) atoms. The van der Waals surface area contributed by atoms with Crippen molar-refractivity contribution < 1.29 is 10.0 Å². The van der Waals surface area contributed by atoms with E-state index >= 15 is 0 Å². The smallest absolute Gasteiger partial charge is 0.230 e. The summed E-state index contributed by atoms with van der Waals surface area (Å²) in [5.74, 6) is 0. The van der Waals surface area contributed by atoms with Crippen LogP contribution in [0.15, 0.2) is 0 Å². The molecule has 2 atom stereocenters. The molecule has 0 aliphatic carbocycles. The molecule has 5 nitrogen and oxygen atoms in total. The lowest BCUT2D eigenvalue weighted by molar-refractivity contribution is -0.490. The molecule has 0 rings (SSSR count). The van der Waals surface area contributed by atoms with Crippen LogP contribution in [0.2, 0.25) is 0 Å². The summed E-state index contributed by atoms with van der Waals surface area (Å²) in [6, 6.07) is -0.532. The second kappa shape index (κ2) is 3.37. The van der Waals surface area contributed by atoms with Gasteiger partial charge in [0.25, 0.3) is 0 Å². The van der Waals surface area contributed by atoms with E-state index < -0.39 is 23.6 Å². The molecule has 3 N–H and O–H groups in total. The molecule has 0 saturated carbocycles. The summed E-state index contributed by atoms with van der Waals surface area (Å²) in [6.45, 7) is 1.05. The average Bonchev–Trinajstić information content (AvgIpc) is 1.63. The van der Waals surface area contributed by atoms with E-state index in [0.29, 0.717) is 0 Å². The van der Waals surface area contributed by atoms with Crippen LogP contribution in [0.25, 0.3) is 0 Å². The van der Waals surface area contributed by atoms with Gasteiger partial charge in [-0.25, -0.2) is 0 Å². The van der Waals surface area contributed by atoms with Gasteiger partial charge in [0.2, 0.25) is 6.54 Å². The van der Waals surface area contributed by atoms with Gasteiger partial charge in [0.05, 0.1) is 0 Å². The predicted octanol–water partition coefficient (Wildman–Crippen LogP) is -1.03. The number of nitrogens with two attached hydrogens (primary N) is 1. The van der Waals surface area contributed by atoms with Gasteiger partial charge in [0.15, 0.2) is 0 Å². The minimum absolute atomic E-state index is 0.475. The third kappa shape index (κ3) is 3.87. The number of aliphatic hydroxyl groups excluding tert-OH is 1. The van der Waals surface area contributed by atoms with E-state index in [1.54, 1.807) is 0 Å². The standard InChI is InChI=1S/C4H10N2O3/c1-3(5)4(7)2-6(8)9/h3-4,7H,2,5H2,1H3/t3?,4-/m0/s1. The Labute approximate surface area is 52.6 Å². The van der Waals surface area contributed by atoms with Crippen molar-refractivity contribution >= 4 is 0 Å². The fourth-order valence-electron chi connectivity index (χ4n) is 0.319. The summed E-state index contributed by atoms with van der Waals surface area (Å²) >= 11 is 0. The molecule has 0 amide bonds. The van der Waals surface area contributed by atoms with Crippen LogP contribution in [0.5, 0.6) is 0 Å². The Morgan fingerprint density at radius 1 is 1.89 bits per heavy atom. The lowest BCUT2D eigenvalue weighted by Crippen LogP contribution is -2.36. The molecule has 0 aromatic carbocycles. The maximum Gasteiger partial charge on any atom is 0.230 e. The number of nitrogens with zero attached hydrogens (tertiary/aromatic N) is 1. The van der Waals surface area contributed by atoms with Crippen LogP contribution >= 0.6 is 0 Å². The maximum absolute atomic E-state index is 9.70. The Balaban J connectivity index is 3.50. The van der Waals surface area contributed by atoms with Gasteiger partial charge in [-0.1, -0.05) is 0 Å². The fourth-order valence-corrected chi connectivity index (χ4v) is 0.319. The van der Waals surface area contributed by atoms with Crippen molar-refractivity contribution in [3.8, 4) is 0 Å². The van der Waals surface area contributed by atoms with Gasteiger partial charge in [0, 0.05) is 11.0 Å². The van der Waals surface area contributed by atoms with Crippen molar-refractivity contribution in [2.24, 2.45) is 5.73 Å². The van der Waals surface area contributed by atoms with E-state index in [9.17, 15) is 10.1 Å². The Hall–Kier alpha value is -0.680. The average molecular weight is 134 g/mol. The highest BCUT2D eigenvalue weighted by molar-refractivity contribution is 4.63. The van der Waals surface area contributed by atoms with Gasteiger partial charge in [-0.05, 0) is 6.92 Å². The van der Waals surface area contributed by atoms with E-state index in [-0.39, 0.29) is 0 Å². The fraction of sp³-hybridized carbons (Fsp3) is 1.00. The molecule has 0 aromatic rings. The number of hydrogen-bond acceptors (Lipinski definition) is 4. The van der Waals surface area contributed by atoms with E-state index in [2.05, 4.69) is 0 Å². The van der Waals surface area contributed by atoms with Crippen LogP contribution in [0, 0.1) is 10.1 Å². The van der Waals surface area contributed by atoms with Gasteiger partial charge >= 0.3 is 0 Å². The predicted molar refractivity (Wildman–Crippen MR) is 31.5 cm³/mol. The Kier molecular flexibility index (Phi) is 3.11. The van der Waals surface area contributed by atoms with E-state index in [0.717, 1.165) is 0 Å². The monoisotopic (exact) mass is 134 g/mol. The van der Waals surface area contributed by atoms with Crippen molar-refractivity contribution in [2.75, 3.05) is 6.54 Å². The summed E-state index contributed by atoms with van der Waals surface area (Å²) < 4.78 is 0. The van der Waals surface area contributed by atoms with Gasteiger partial charge in [-0.3, -0.25) is 10.1 Å². The van der Waals surface area contributed by atoms with Crippen LogP contribution in [-0.4, -0.2) is 28.7 Å². The third-order valence-electron chi connectivity index (χ3n) is 0.943. The van der Waals surface area contributed by atoms with Crippen molar-refractivity contribution in [1.29, 1.82) is 0 Å². The number of nitro groups is 1. The molecule has 0 aromatic heterocycles. The molecule has 0 spiro atoms. The first-order chi connectivity index (χ1) is 4.04. The normalized spacial score (nSPS) is 16.8. The van der Waals surface area contributed by atoms with Crippen molar-refractivity contribution in [1.82, 2.24) is 0 Å². The number of hydrogen-bond donors (Lipinski definition) is 2. The second-order valence-corrected chi connectivity index (χ2v) is 1.94. The van der Waals surface area contributed by atoms with E-state index in [1.807, 2.05) is 0 Å². The van der Waals surface area contributed by atoms with Crippen molar-refractivity contribution in [3.05, 3.63) is 10.1 Å². The zero-order valence-corrected chi connectivity index (χ0v) is 5.15. The quantitative estimate of drug-likeness (QED) is 0.381. The third-order valence-corrected chi connectivity index (χ3v) is 0.943. The molecule has 0 aliphatic heterocycles. The van der Waals surface area contributed by atoms with E-state index in [4.69, 9.17) is 10.8 Å². The first-order valence-electron chi connectivity index (χ1n) is 2.59. The maximum atomic E-state index is 9.70. The molecular formula is C4H10N2O3. The van der Waals surface area contributed by atoms with Crippen LogP contribution < -0.4 is 5.73 Å². The van der Waals surface area contributed by atoms with Crippen LogP contribution in [0.3, 0.4) is 0 Å². The summed E-state index contributed by atoms with van der Waals surface area (Å²) in [6.07, 6.45) is -1.03. The molecule has 0 bridgehead atoms. The van der Waals surface area contributed by atoms with Crippen molar-refractivity contribution in [2.45, 2.75) is 19.1 Å². The number of aliphatic hydroxyl groups is 1. The zero-order valence-electron chi connectivity index (χ0n) is 5.15. The van der Waals surface area contributed by atoms with Gasteiger partial charge in [0.1, 0.15) is 6.10 Å². The van der Waals surface area contributed by atoms with Crippen molar-refractivity contribution in [3.63, 3.8) is 0 Å². The Bertz CT molecular complexity index is 104. The summed E-state index contributed by atoms with van der Waals surface area (Å²) in [7, 11) is 0. The van der Waals surface area contributed by atoms with Crippen LogP contribution in [0.1, 0.15) is 6.92 Å². The second-order valence-electron chi connectivity index (χ2n) is 1.94. The highest BCUT2D eigenvalue weighted by Gasteiger charge is 2.14. The summed E-state index contributed by atoms with van der Waals surface area (Å²) in [4.78, 5) is 9.11. The molecular weight excluding hydrogens is 124 g/mol. The number of rotatable bonds is 3. The first kappa shape index (κ1) is 8.32. The lowest BCUT2D eigenvalue weighted by atomic mass is 10.2. The molecule has 0 saturated heterocycles. The van der Waals surface area contributed by atoms with Crippen LogP contribution in [0.4, 0.5) is 0 Å².